The standard InChI is InChI=1S/C12H18N2/c1-3-10-13-11(2)14-12-8-6-4-5-7-9-12/h3-6,8-9,11,13-14H,1,7,10H2,2H3. The fourth-order valence-corrected chi connectivity index (χ4v) is 1.25. The van der Waals surface area contributed by atoms with Gasteiger partial charge in [-0.25, -0.2) is 0 Å². The van der Waals surface area contributed by atoms with Gasteiger partial charge in [0.15, 0.2) is 0 Å². The predicted molar refractivity (Wildman–Crippen MR) is 61.8 cm³/mol. The molecular formula is C12H18N2. The lowest BCUT2D eigenvalue weighted by atomic mass is 10.3. The van der Waals surface area contributed by atoms with Gasteiger partial charge in [0.25, 0.3) is 0 Å². The van der Waals surface area contributed by atoms with Crippen LogP contribution in [-0.2, 0) is 0 Å². The maximum absolute atomic E-state index is 3.67. The van der Waals surface area contributed by atoms with Crippen LogP contribution in [0.5, 0.6) is 0 Å². The zero-order valence-corrected chi connectivity index (χ0v) is 8.66. The number of hydrogen-bond donors (Lipinski definition) is 2. The molecule has 14 heavy (non-hydrogen) atoms. The zero-order chi connectivity index (χ0) is 10.2. The molecule has 0 amide bonds. The molecule has 0 saturated heterocycles. The second-order valence-electron chi connectivity index (χ2n) is 3.25. The minimum Gasteiger partial charge on any atom is -0.370 e. The average molecular weight is 190 g/mol. The molecule has 1 rings (SSSR count). The summed E-state index contributed by atoms with van der Waals surface area (Å²) in [5.41, 5.74) is 1.17. The molecule has 1 atom stereocenters. The third-order valence-corrected chi connectivity index (χ3v) is 1.95. The number of rotatable bonds is 5. The van der Waals surface area contributed by atoms with Crippen molar-refractivity contribution in [3.63, 3.8) is 0 Å². The molecule has 0 saturated carbocycles. The van der Waals surface area contributed by atoms with Crippen molar-refractivity contribution in [3.05, 3.63) is 48.7 Å². The summed E-state index contributed by atoms with van der Waals surface area (Å²) in [6.45, 7) is 6.58. The first-order chi connectivity index (χ1) is 6.83. The number of nitrogens with one attached hydrogen (secondary N) is 2. The Morgan fingerprint density at radius 3 is 3.21 bits per heavy atom. The summed E-state index contributed by atoms with van der Waals surface area (Å²) in [4.78, 5) is 0. The fourth-order valence-electron chi connectivity index (χ4n) is 1.25. The molecule has 0 bridgehead atoms. The molecule has 1 unspecified atom stereocenters. The van der Waals surface area contributed by atoms with Gasteiger partial charge >= 0.3 is 0 Å². The van der Waals surface area contributed by atoms with Gasteiger partial charge < -0.3 is 5.32 Å². The fraction of sp³-hybridized carbons (Fsp3) is 0.333. The second-order valence-corrected chi connectivity index (χ2v) is 3.25. The Morgan fingerprint density at radius 2 is 2.43 bits per heavy atom. The van der Waals surface area contributed by atoms with E-state index in [-0.39, 0.29) is 6.17 Å². The van der Waals surface area contributed by atoms with Crippen LogP contribution in [0.3, 0.4) is 0 Å². The lowest BCUT2D eigenvalue weighted by molar-refractivity contribution is 0.524. The van der Waals surface area contributed by atoms with Crippen LogP contribution >= 0.6 is 0 Å². The summed E-state index contributed by atoms with van der Waals surface area (Å²) in [6.07, 6.45) is 13.6. The van der Waals surface area contributed by atoms with Gasteiger partial charge in [-0.15, -0.1) is 6.58 Å². The van der Waals surface area contributed by atoms with Gasteiger partial charge in [-0.2, -0.15) is 0 Å². The first kappa shape index (κ1) is 10.8. The van der Waals surface area contributed by atoms with E-state index in [1.807, 2.05) is 12.2 Å². The highest BCUT2D eigenvalue weighted by atomic mass is 15.1. The first-order valence-electron chi connectivity index (χ1n) is 4.97. The Bertz CT molecular complexity index is 261. The SMILES string of the molecule is C=CCNC(C)NC1=CCC=CC=C1. The van der Waals surface area contributed by atoms with Crippen LogP contribution in [0.2, 0.25) is 0 Å². The highest BCUT2D eigenvalue weighted by Gasteiger charge is 1.99. The van der Waals surface area contributed by atoms with Gasteiger partial charge in [0.2, 0.25) is 0 Å². The van der Waals surface area contributed by atoms with E-state index in [2.05, 4.69) is 48.4 Å². The maximum Gasteiger partial charge on any atom is 0.0741 e. The van der Waals surface area contributed by atoms with E-state index in [0.29, 0.717) is 0 Å². The summed E-state index contributed by atoms with van der Waals surface area (Å²) >= 11 is 0. The van der Waals surface area contributed by atoms with Crippen molar-refractivity contribution < 1.29 is 0 Å². The quantitative estimate of drug-likeness (QED) is 0.512. The molecule has 0 radical (unpaired) electrons. The van der Waals surface area contributed by atoms with Crippen LogP contribution in [0.25, 0.3) is 0 Å². The topological polar surface area (TPSA) is 24.1 Å². The maximum atomic E-state index is 3.67. The molecule has 0 aliphatic heterocycles. The molecular weight excluding hydrogens is 172 g/mol. The number of hydrogen-bond acceptors (Lipinski definition) is 2. The van der Waals surface area contributed by atoms with E-state index in [4.69, 9.17) is 0 Å². The molecule has 0 fully saturated rings. The third kappa shape index (κ3) is 4.10. The second kappa shape index (κ2) is 6.22. The summed E-state index contributed by atoms with van der Waals surface area (Å²) in [5.74, 6) is 0. The van der Waals surface area contributed by atoms with Crippen LogP contribution in [0.1, 0.15) is 13.3 Å². The van der Waals surface area contributed by atoms with E-state index in [0.717, 1.165) is 13.0 Å². The highest BCUT2D eigenvalue weighted by Crippen LogP contribution is 2.02. The van der Waals surface area contributed by atoms with Gasteiger partial charge in [0, 0.05) is 12.2 Å². The van der Waals surface area contributed by atoms with Crippen molar-refractivity contribution in [2.24, 2.45) is 0 Å². The van der Waals surface area contributed by atoms with Crippen LogP contribution in [0.15, 0.2) is 48.7 Å². The molecule has 1 aliphatic carbocycles. The third-order valence-electron chi connectivity index (χ3n) is 1.95. The number of allylic oxidation sites excluding steroid dienone is 5. The Hall–Kier alpha value is -1.28. The smallest absolute Gasteiger partial charge is 0.0741 e. The van der Waals surface area contributed by atoms with Gasteiger partial charge in [-0.1, -0.05) is 30.4 Å². The monoisotopic (exact) mass is 190 g/mol. The summed E-state index contributed by atoms with van der Waals surface area (Å²) in [7, 11) is 0. The molecule has 2 nitrogen and oxygen atoms in total. The average Bonchev–Trinajstić information content (AvgIpc) is 2.43. The van der Waals surface area contributed by atoms with Crippen molar-refractivity contribution in [2.45, 2.75) is 19.5 Å². The van der Waals surface area contributed by atoms with Gasteiger partial charge in [-0.3, -0.25) is 5.32 Å². The molecule has 1 aliphatic rings. The van der Waals surface area contributed by atoms with E-state index < -0.39 is 0 Å². The van der Waals surface area contributed by atoms with Crippen molar-refractivity contribution in [1.29, 1.82) is 0 Å². The van der Waals surface area contributed by atoms with Crippen LogP contribution < -0.4 is 10.6 Å². The molecule has 0 spiro atoms. The summed E-state index contributed by atoms with van der Waals surface area (Å²) in [5, 5.41) is 6.64. The molecule has 76 valence electrons. The van der Waals surface area contributed by atoms with E-state index in [1.54, 1.807) is 0 Å². The lowest BCUT2D eigenvalue weighted by Crippen LogP contribution is -2.38. The van der Waals surface area contributed by atoms with E-state index in [9.17, 15) is 0 Å². The molecule has 0 aromatic heterocycles. The first-order valence-corrected chi connectivity index (χ1v) is 4.97. The largest absolute Gasteiger partial charge is 0.370 e. The van der Waals surface area contributed by atoms with Crippen LogP contribution in [0.4, 0.5) is 0 Å². The Morgan fingerprint density at radius 1 is 1.57 bits per heavy atom. The van der Waals surface area contributed by atoms with Gasteiger partial charge in [-0.05, 0) is 19.4 Å². The summed E-state index contributed by atoms with van der Waals surface area (Å²) < 4.78 is 0. The van der Waals surface area contributed by atoms with Crippen molar-refractivity contribution >= 4 is 0 Å². The Balaban J connectivity index is 2.35. The molecule has 2 heteroatoms. The Labute approximate surface area is 86.1 Å². The molecule has 0 aromatic carbocycles. The highest BCUT2D eigenvalue weighted by molar-refractivity contribution is 5.25. The molecule has 2 N–H and O–H groups in total. The molecule has 0 heterocycles. The normalized spacial score (nSPS) is 17.1. The lowest BCUT2D eigenvalue weighted by Gasteiger charge is -2.16. The van der Waals surface area contributed by atoms with Crippen molar-refractivity contribution in [3.8, 4) is 0 Å². The van der Waals surface area contributed by atoms with E-state index >= 15 is 0 Å². The van der Waals surface area contributed by atoms with Crippen LogP contribution in [0, 0.1) is 0 Å². The zero-order valence-electron chi connectivity index (χ0n) is 8.66. The molecule has 0 aromatic rings. The van der Waals surface area contributed by atoms with Crippen molar-refractivity contribution in [2.75, 3.05) is 6.54 Å². The predicted octanol–water partition coefficient (Wildman–Crippen LogP) is 2.10. The van der Waals surface area contributed by atoms with Gasteiger partial charge in [0.05, 0.1) is 6.17 Å². The van der Waals surface area contributed by atoms with E-state index in [1.165, 1.54) is 5.70 Å². The van der Waals surface area contributed by atoms with Gasteiger partial charge in [0.1, 0.15) is 0 Å². The minimum atomic E-state index is 0.266. The van der Waals surface area contributed by atoms with Crippen molar-refractivity contribution in [1.82, 2.24) is 10.6 Å². The Kier molecular flexibility index (Phi) is 4.79. The van der Waals surface area contributed by atoms with Crippen LogP contribution in [-0.4, -0.2) is 12.7 Å². The summed E-state index contributed by atoms with van der Waals surface area (Å²) in [6, 6.07) is 0. The minimum absolute atomic E-state index is 0.266.